The number of aromatic nitrogens is 2. The van der Waals surface area contributed by atoms with Crippen LogP contribution in [0, 0.1) is 5.92 Å². The lowest BCUT2D eigenvalue weighted by atomic mass is 9.86. The zero-order chi connectivity index (χ0) is 28.3. The van der Waals surface area contributed by atoms with E-state index in [2.05, 4.69) is 10.6 Å². The van der Waals surface area contributed by atoms with Gasteiger partial charge in [-0.15, -0.1) is 0 Å². The van der Waals surface area contributed by atoms with E-state index in [4.69, 9.17) is 9.47 Å². The molecule has 1 aromatic heterocycles. The second-order valence-electron chi connectivity index (χ2n) is 11.5. The number of aryl methyl sites for hydroxylation is 2. The molecular weight excluding hydrogens is 504 g/mol. The first-order valence-electron chi connectivity index (χ1n) is 13.6. The van der Waals surface area contributed by atoms with Gasteiger partial charge in [0.1, 0.15) is 11.6 Å². The van der Waals surface area contributed by atoms with Crippen molar-refractivity contribution in [3.8, 4) is 0 Å². The third kappa shape index (κ3) is 6.88. The van der Waals surface area contributed by atoms with Gasteiger partial charge >= 0.3 is 17.8 Å². The number of nitrogens with zero attached hydrogens (tertiary/aromatic N) is 2. The van der Waals surface area contributed by atoms with Crippen LogP contribution in [0.2, 0.25) is 0 Å². The number of fused-ring (bicyclic) bond motifs is 1. The molecule has 2 fully saturated rings. The summed E-state index contributed by atoms with van der Waals surface area (Å²) in [6, 6.07) is 4.93. The Hall–Kier alpha value is -3.63. The Morgan fingerprint density at radius 2 is 1.77 bits per heavy atom. The maximum absolute atomic E-state index is 12.9. The lowest BCUT2D eigenvalue weighted by Crippen LogP contribution is -2.44. The van der Waals surface area contributed by atoms with Crippen molar-refractivity contribution in [3.05, 3.63) is 34.2 Å². The summed E-state index contributed by atoms with van der Waals surface area (Å²) in [7, 11) is 1.66. The van der Waals surface area contributed by atoms with Gasteiger partial charge in [0, 0.05) is 19.5 Å². The van der Waals surface area contributed by atoms with Crippen LogP contribution in [0.25, 0.3) is 11.0 Å². The molecule has 1 saturated carbocycles. The summed E-state index contributed by atoms with van der Waals surface area (Å²) in [5.41, 5.74) is 1.48. The fourth-order valence-corrected chi connectivity index (χ4v) is 5.31. The number of hydrogen-bond acceptors (Lipinski definition) is 7. The van der Waals surface area contributed by atoms with Crippen LogP contribution in [-0.4, -0.2) is 51.3 Å². The van der Waals surface area contributed by atoms with Crippen LogP contribution in [0.3, 0.4) is 0 Å². The Labute approximate surface area is 227 Å². The number of amides is 3. The number of esters is 1. The molecule has 1 aliphatic carbocycles. The largest absolute Gasteiger partial charge is 0.465 e. The minimum Gasteiger partial charge on any atom is -0.465 e. The van der Waals surface area contributed by atoms with Crippen LogP contribution in [0.1, 0.15) is 77.3 Å². The first-order valence-corrected chi connectivity index (χ1v) is 13.6. The van der Waals surface area contributed by atoms with Crippen molar-refractivity contribution >= 4 is 34.9 Å². The van der Waals surface area contributed by atoms with Crippen LogP contribution in [0.15, 0.2) is 23.0 Å². The van der Waals surface area contributed by atoms with Gasteiger partial charge in [0.05, 0.1) is 23.6 Å². The molecule has 2 aliphatic rings. The van der Waals surface area contributed by atoms with Gasteiger partial charge in [-0.2, -0.15) is 0 Å². The van der Waals surface area contributed by atoms with Gasteiger partial charge in [0.25, 0.3) is 0 Å². The van der Waals surface area contributed by atoms with Gasteiger partial charge < -0.3 is 14.8 Å². The summed E-state index contributed by atoms with van der Waals surface area (Å²) in [6.45, 7) is 5.76. The Kier molecular flexibility index (Phi) is 8.46. The van der Waals surface area contributed by atoms with Crippen LogP contribution < -0.4 is 16.3 Å². The predicted molar refractivity (Wildman–Crippen MR) is 143 cm³/mol. The molecule has 0 bridgehead atoms. The van der Waals surface area contributed by atoms with Crippen molar-refractivity contribution in [1.82, 2.24) is 19.8 Å². The highest BCUT2D eigenvalue weighted by Gasteiger charge is 2.31. The van der Waals surface area contributed by atoms with E-state index >= 15 is 0 Å². The van der Waals surface area contributed by atoms with Crippen LogP contribution in [0.4, 0.5) is 4.79 Å². The highest BCUT2D eigenvalue weighted by Crippen LogP contribution is 2.26. The molecule has 1 aliphatic heterocycles. The molecule has 212 valence electrons. The van der Waals surface area contributed by atoms with E-state index in [0.29, 0.717) is 62.6 Å². The van der Waals surface area contributed by atoms with E-state index in [1.165, 1.54) is 9.13 Å². The van der Waals surface area contributed by atoms with Crippen molar-refractivity contribution in [2.75, 3.05) is 6.61 Å². The molecule has 2 heterocycles. The number of carbonyl (C=O) groups is 4. The van der Waals surface area contributed by atoms with Gasteiger partial charge in [0.15, 0.2) is 0 Å². The first kappa shape index (κ1) is 28.4. The number of carbonyl (C=O) groups excluding carboxylic acids is 4. The lowest BCUT2D eigenvalue weighted by Gasteiger charge is -2.29. The second-order valence-corrected chi connectivity index (χ2v) is 11.5. The number of imidazole rings is 1. The van der Waals surface area contributed by atoms with Gasteiger partial charge in [-0.3, -0.25) is 28.8 Å². The zero-order valence-corrected chi connectivity index (χ0v) is 23.1. The molecule has 11 nitrogen and oxygen atoms in total. The van der Waals surface area contributed by atoms with E-state index in [9.17, 15) is 24.0 Å². The quantitative estimate of drug-likeness (QED) is 0.312. The summed E-state index contributed by atoms with van der Waals surface area (Å²) in [5, 5.41) is 5.19. The van der Waals surface area contributed by atoms with Crippen molar-refractivity contribution < 1.29 is 28.7 Å². The van der Waals surface area contributed by atoms with Crippen molar-refractivity contribution in [3.63, 3.8) is 0 Å². The van der Waals surface area contributed by atoms with Gasteiger partial charge in [-0.1, -0.05) is 6.07 Å². The maximum atomic E-state index is 12.9. The summed E-state index contributed by atoms with van der Waals surface area (Å²) < 4.78 is 13.8. The summed E-state index contributed by atoms with van der Waals surface area (Å²) in [6.07, 6.45) is 4.08. The Morgan fingerprint density at radius 1 is 1.05 bits per heavy atom. The standard InChI is InChI=1S/C28H38N4O7/c1-28(2,3)39-26(36)29-19-10-8-18(9-11-19)25(35)38-15-5-6-17-7-12-20-22(16-17)31(4)27(37)32(20)21-13-14-23(33)30-24(21)34/h7,12,16,18-19,21H,5-6,8-11,13-15H2,1-4H3,(H,29,36)(H,30,33,34). The Balaban J connectivity index is 1.25. The number of nitrogens with one attached hydrogen (secondary N) is 2. The van der Waals surface area contributed by atoms with Gasteiger partial charge in [0.2, 0.25) is 11.8 Å². The monoisotopic (exact) mass is 542 g/mol. The van der Waals surface area contributed by atoms with Gasteiger partial charge in [-0.05, 0) is 83.4 Å². The number of benzene rings is 1. The number of rotatable bonds is 7. The molecule has 3 amide bonds. The molecule has 39 heavy (non-hydrogen) atoms. The molecule has 0 radical (unpaired) electrons. The molecule has 1 atom stereocenters. The molecule has 1 unspecified atom stereocenters. The molecule has 0 spiro atoms. The number of imide groups is 1. The topological polar surface area (TPSA) is 138 Å². The predicted octanol–water partition coefficient (Wildman–Crippen LogP) is 2.88. The summed E-state index contributed by atoms with van der Waals surface area (Å²) in [4.78, 5) is 61.3. The number of ether oxygens (including phenoxy) is 2. The maximum Gasteiger partial charge on any atom is 0.407 e. The third-order valence-corrected chi connectivity index (χ3v) is 7.31. The van der Waals surface area contributed by atoms with Gasteiger partial charge in [-0.25, -0.2) is 9.59 Å². The normalized spacial score (nSPS) is 21.9. The van der Waals surface area contributed by atoms with Crippen molar-refractivity contribution in [2.45, 2.75) is 89.8 Å². The van der Waals surface area contributed by atoms with E-state index in [0.717, 1.165) is 5.56 Å². The molecule has 1 saturated heterocycles. The fraction of sp³-hybridized carbons (Fsp3) is 0.607. The van der Waals surface area contributed by atoms with E-state index < -0.39 is 23.6 Å². The SMILES string of the molecule is Cn1c(=O)n(C2CCC(=O)NC2=O)c2ccc(CCCOC(=O)C3CCC(NC(=O)OC(C)(C)C)CC3)cc21. The average molecular weight is 543 g/mol. The summed E-state index contributed by atoms with van der Waals surface area (Å²) >= 11 is 0. The van der Waals surface area contributed by atoms with E-state index in [-0.39, 0.29) is 35.9 Å². The minimum atomic E-state index is -0.715. The van der Waals surface area contributed by atoms with E-state index in [1.54, 1.807) is 7.05 Å². The first-order chi connectivity index (χ1) is 18.4. The lowest BCUT2D eigenvalue weighted by molar-refractivity contribution is -0.150. The third-order valence-electron chi connectivity index (χ3n) is 7.31. The second kappa shape index (κ2) is 11.6. The summed E-state index contributed by atoms with van der Waals surface area (Å²) in [5.74, 6) is -1.15. The van der Waals surface area contributed by atoms with Crippen LogP contribution in [0.5, 0.6) is 0 Å². The highest BCUT2D eigenvalue weighted by atomic mass is 16.6. The Bertz CT molecular complexity index is 1310. The number of piperidine rings is 1. The van der Waals surface area contributed by atoms with E-state index in [1.807, 2.05) is 39.0 Å². The number of alkyl carbamates (subject to hydrolysis) is 1. The molecule has 4 rings (SSSR count). The Morgan fingerprint density at radius 3 is 2.44 bits per heavy atom. The van der Waals surface area contributed by atoms with Crippen LogP contribution >= 0.6 is 0 Å². The van der Waals surface area contributed by atoms with Crippen molar-refractivity contribution in [2.24, 2.45) is 13.0 Å². The minimum absolute atomic E-state index is 0.000339. The van der Waals surface area contributed by atoms with Crippen molar-refractivity contribution in [1.29, 1.82) is 0 Å². The zero-order valence-electron chi connectivity index (χ0n) is 23.1. The highest BCUT2D eigenvalue weighted by molar-refractivity contribution is 6.00. The molecule has 2 aromatic rings. The van der Waals surface area contributed by atoms with Crippen LogP contribution in [-0.2, 0) is 37.3 Å². The molecule has 2 N–H and O–H groups in total. The molecule has 1 aromatic carbocycles. The number of hydrogen-bond donors (Lipinski definition) is 2. The smallest absolute Gasteiger partial charge is 0.407 e. The molecular formula is C28H38N4O7. The molecule has 11 heteroatoms. The fourth-order valence-electron chi connectivity index (χ4n) is 5.31. The average Bonchev–Trinajstić information content (AvgIpc) is 3.10.